The molecule has 1 aromatic heterocycles. The molecule has 0 saturated heterocycles. The van der Waals surface area contributed by atoms with Crippen LogP contribution in [0.1, 0.15) is 11.1 Å². The zero-order valence-corrected chi connectivity index (χ0v) is 9.28. The van der Waals surface area contributed by atoms with Gasteiger partial charge in [-0.05, 0) is 35.7 Å². The molecule has 0 unspecified atom stereocenters. The number of benzene rings is 2. The Balaban J connectivity index is 2.00. The van der Waals surface area contributed by atoms with Crippen LogP contribution in [-0.2, 0) is 6.42 Å². The number of aromatic amines is 1. The van der Waals surface area contributed by atoms with Gasteiger partial charge in [-0.15, -0.1) is 0 Å². The third-order valence-corrected chi connectivity index (χ3v) is 2.96. The molecule has 0 amide bonds. The maximum Gasteiger partial charge on any atom is 0.123 e. The van der Waals surface area contributed by atoms with Crippen LogP contribution in [0.3, 0.4) is 0 Å². The lowest BCUT2D eigenvalue weighted by Crippen LogP contribution is -1.87. The molecule has 0 radical (unpaired) electrons. The Labute approximate surface area is 98.9 Å². The lowest BCUT2D eigenvalue weighted by Gasteiger charge is -2.00. The van der Waals surface area contributed by atoms with Gasteiger partial charge in [0, 0.05) is 17.1 Å². The minimum absolute atomic E-state index is 0.178. The van der Waals surface area contributed by atoms with Crippen molar-refractivity contribution in [3.8, 4) is 0 Å². The Morgan fingerprint density at radius 2 is 1.88 bits per heavy atom. The molecule has 0 aliphatic rings. The summed E-state index contributed by atoms with van der Waals surface area (Å²) in [5.41, 5.74) is 3.32. The third-order valence-electron chi connectivity index (χ3n) is 2.96. The summed E-state index contributed by atoms with van der Waals surface area (Å²) in [5.74, 6) is -0.178. The first-order chi connectivity index (χ1) is 8.33. The van der Waals surface area contributed by atoms with E-state index in [-0.39, 0.29) is 5.82 Å². The van der Waals surface area contributed by atoms with Crippen LogP contribution in [0, 0.1) is 5.82 Å². The van der Waals surface area contributed by atoms with Gasteiger partial charge in [-0.3, -0.25) is 0 Å². The lowest BCUT2D eigenvalue weighted by molar-refractivity contribution is 0.626. The van der Waals surface area contributed by atoms with Crippen molar-refractivity contribution < 1.29 is 4.39 Å². The van der Waals surface area contributed by atoms with E-state index in [0.717, 1.165) is 17.5 Å². The SMILES string of the molecule is Fc1cccc(Cc2c[nH]c3ccccc23)c1. The molecule has 0 atom stereocenters. The minimum Gasteiger partial charge on any atom is -0.361 e. The number of fused-ring (bicyclic) bond motifs is 1. The standard InChI is InChI=1S/C15H12FN/c16-13-5-3-4-11(9-13)8-12-10-17-15-7-2-1-6-14(12)15/h1-7,9-10,17H,8H2. The van der Waals surface area contributed by atoms with E-state index in [0.29, 0.717) is 0 Å². The van der Waals surface area contributed by atoms with Crippen molar-refractivity contribution in [2.24, 2.45) is 0 Å². The second-order valence-corrected chi connectivity index (χ2v) is 4.17. The number of para-hydroxylation sites is 1. The van der Waals surface area contributed by atoms with Crippen molar-refractivity contribution >= 4 is 10.9 Å². The molecule has 0 bridgehead atoms. The molecular weight excluding hydrogens is 213 g/mol. The van der Waals surface area contributed by atoms with Gasteiger partial charge in [-0.25, -0.2) is 4.39 Å². The number of nitrogens with one attached hydrogen (secondary N) is 1. The van der Waals surface area contributed by atoms with Gasteiger partial charge in [0.05, 0.1) is 0 Å². The van der Waals surface area contributed by atoms with Gasteiger partial charge < -0.3 is 4.98 Å². The van der Waals surface area contributed by atoms with E-state index in [1.165, 1.54) is 17.0 Å². The molecule has 0 spiro atoms. The van der Waals surface area contributed by atoms with Crippen LogP contribution in [0.5, 0.6) is 0 Å². The van der Waals surface area contributed by atoms with Crippen LogP contribution in [0.15, 0.2) is 54.7 Å². The summed E-state index contributed by atoms with van der Waals surface area (Å²) in [7, 11) is 0. The molecule has 3 rings (SSSR count). The summed E-state index contributed by atoms with van der Waals surface area (Å²) in [6.45, 7) is 0. The lowest BCUT2D eigenvalue weighted by atomic mass is 10.0. The average molecular weight is 225 g/mol. The van der Waals surface area contributed by atoms with Crippen molar-refractivity contribution in [1.29, 1.82) is 0 Å². The van der Waals surface area contributed by atoms with Crippen LogP contribution in [0.4, 0.5) is 4.39 Å². The summed E-state index contributed by atoms with van der Waals surface area (Å²) in [6.07, 6.45) is 2.75. The Kier molecular flexibility index (Phi) is 2.41. The minimum atomic E-state index is -0.178. The largest absolute Gasteiger partial charge is 0.361 e. The molecule has 3 aromatic rings. The zero-order chi connectivity index (χ0) is 11.7. The first-order valence-electron chi connectivity index (χ1n) is 5.62. The van der Waals surface area contributed by atoms with Gasteiger partial charge >= 0.3 is 0 Å². The third kappa shape index (κ3) is 1.94. The molecule has 2 aromatic carbocycles. The van der Waals surface area contributed by atoms with Crippen molar-refractivity contribution in [3.63, 3.8) is 0 Å². The van der Waals surface area contributed by atoms with Crippen LogP contribution < -0.4 is 0 Å². The van der Waals surface area contributed by atoms with Gasteiger partial charge in [0.25, 0.3) is 0 Å². The van der Waals surface area contributed by atoms with E-state index in [4.69, 9.17) is 0 Å². The van der Waals surface area contributed by atoms with Crippen molar-refractivity contribution in [1.82, 2.24) is 4.98 Å². The molecule has 1 N–H and O–H groups in total. The molecule has 0 saturated carbocycles. The summed E-state index contributed by atoms with van der Waals surface area (Å²) in [5, 5.41) is 1.21. The Hall–Kier alpha value is -2.09. The predicted molar refractivity (Wildman–Crippen MR) is 67.5 cm³/mol. The van der Waals surface area contributed by atoms with E-state index in [1.54, 1.807) is 12.1 Å². The van der Waals surface area contributed by atoms with E-state index in [9.17, 15) is 4.39 Å². The molecule has 17 heavy (non-hydrogen) atoms. The summed E-state index contributed by atoms with van der Waals surface area (Å²) in [6, 6.07) is 14.9. The van der Waals surface area contributed by atoms with Crippen LogP contribution in [0.2, 0.25) is 0 Å². The monoisotopic (exact) mass is 225 g/mol. The Morgan fingerprint density at radius 1 is 1.00 bits per heavy atom. The second-order valence-electron chi connectivity index (χ2n) is 4.17. The normalized spacial score (nSPS) is 10.9. The number of hydrogen-bond donors (Lipinski definition) is 1. The first kappa shape index (κ1) is 10.1. The van der Waals surface area contributed by atoms with Crippen LogP contribution >= 0.6 is 0 Å². The number of H-pyrrole nitrogens is 1. The maximum absolute atomic E-state index is 13.1. The van der Waals surface area contributed by atoms with Crippen molar-refractivity contribution in [2.45, 2.75) is 6.42 Å². The van der Waals surface area contributed by atoms with E-state index in [1.807, 2.05) is 30.5 Å². The van der Waals surface area contributed by atoms with Crippen molar-refractivity contribution in [3.05, 3.63) is 71.7 Å². The number of halogens is 1. The second kappa shape index (κ2) is 4.06. The Bertz CT molecular complexity index is 655. The van der Waals surface area contributed by atoms with E-state index >= 15 is 0 Å². The molecule has 0 aliphatic carbocycles. The van der Waals surface area contributed by atoms with Gasteiger partial charge in [0.2, 0.25) is 0 Å². The van der Waals surface area contributed by atoms with Gasteiger partial charge in [-0.1, -0.05) is 30.3 Å². The predicted octanol–water partition coefficient (Wildman–Crippen LogP) is 3.90. The smallest absolute Gasteiger partial charge is 0.123 e. The molecule has 0 aliphatic heterocycles. The zero-order valence-electron chi connectivity index (χ0n) is 9.28. The topological polar surface area (TPSA) is 15.8 Å². The number of rotatable bonds is 2. The summed E-state index contributed by atoms with van der Waals surface area (Å²) >= 11 is 0. The van der Waals surface area contributed by atoms with Gasteiger partial charge in [0.15, 0.2) is 0 Å². The molecule has 2 heteroatoms. The Morgan fingerprint density at radius 3 is 2.76 bits per heavy atom. The molecule has 0 fully saturated rings. The van der Waals surface area contributed by atoms with Gasteiger partial charge in [0.1, 0.15) is 5.82 Å². The highest BCUT2D eigenvalue weighted by Gasteiger charge is 2.04. The van der Waals surface area contributed by atoms with Crippen LogP contribution in [-0.4, -0.2) is 4.98 Å². The highest BCUT2D eigenvalue weighted by atomic mass is 19.1. The molecule has 84 valence electrons. The molecular formula is C15H12FN. The number of aromatic nitrogens is 1. The maximum atomic E-state index is 13.1. The fourth-order valence-electron chi connectivity index (χ4n) is 2.14. The highest BCUT2D eigenvalue weighted by Crippen LogP contribution is 2.20. The first-order valence-corrected chi connectivity index (χ1v) is 5.62. The fraction of sp³-hybridized carbons (Fsp3) is 0.0667. The van der Waals surface area contributed by atoms with Crippen molar-refractivity contribution in [2.75, 3.05) is 0 Å². The highest BCUT2D eigenvalue weighted by molar-refractivity contribution is 5.83. The van der Waals surface area contributed by atoms with Crippen LogP contribution in [0.25, 0.3) is 10.9 Å². The molecule has 1 nitrogen and oxygen atoms in total. The number of hydrogen-bond acceptors (Lipinski definition) is 0. The summed E-state index contributed by atoms with van der Waals surface area (Å²) < 4.78 is 13.1. The fourth-order valence-corrected chi connectivity index (χ4v) is 2.14. The summed E-state index contributed by atoms with van der Waals surface area (Å²) in [4.78, 5) is 3.23. The van der Waals surface area contributed by atoms with Gasteiger partial charge in [-0.2, -0.15) is 0 Å². The average Bonchev–Trinajstić information content (AvgIpc) is 2.73. The quantitative estimate of drug-likeness (QED) is 0.680. The van der Waals surface area contributed by atoms with E-state index < -0.39 is 0 Å². The molecule has 1 heterocycles. The van der Waals surface area contributed by atoms with E-state index in [2.05, 4.69) is 11.1 Å².